The topological polar surface area (TPSA) is 52.0 Å². The zero-order valence-corrected chi connectivity index (χ0v) is 17.5. The number of benzene rings is 3. The highest BCUT2D eigenvalue weighted by atomic mass is 14.5. The summed E-state index contributed by atoms with van der Waals surface area (Å²) in [4.78, 5) is 0. The number of nitrogens with two attached hydrogens (primary N) is 2. The molecule has 0 aromatic heterocycles. The Kier molecular flexibility index (Phi) is 5.51. The van der Waals surface area contributed by atoms with Gasteiger partial charge >= 0.3 is 0 Å². The first kappa shape index (κ1) is 20.0. The van der Waals surface area contributed by atoms with Crippen molar-refractivity contribution in [2.45, 2.75) is 51.4 Å². The van der Waals surface area contributed by atoms with Crippen molar-refractivity contribution >= 4 is 11.4 Å². The molecule has 0 saturated heterocycles. The second-order valence-corrected chi connectivity index (χ2v) is 9.18. The van der Waals surface area contributed by atoms with Crippen molar-refractivity contribution in [1.29, 1.82) is 0 Å². The first-order chi connectivity index (χ1) is 13.2. The van der Waals surface area contributed by atoms with Gasteiger partial charge < -0.3 is 11.5 Å². The molecule has 0 unspecified atom stereocenters. The van der Waals surface area contributed by atoms with Gasteiger partial charge in [0.05, 0.1) is 0 Å². The average Bonchev–Trinajstić information content (AvgIpc) is 2.65. The van der Waals surface area contributed by atoms with Gasteiger partial charge in [0.25, 0.3) is 0 Å². The van der Waals surface area contributed by atoms with E-state index in [1.807, 2.05) is 24.3 Å². The summed E-state index contributed by atoms with van der Waals surface area (Å²) in [6.07, 6.45) is 1.98. The monoisotopic (exact) mass is 372 g/mol. The predicted octanol–water partition coefficient (Wildman–Crippen LogP) is 5.89. The molecule has 0 saturated carbocycles. The zero-order chi connectivity index (χ0) is 20.4. The molecular weight excluding hydrogens is 340 g/mol. The number of rotatable bonds is 6. The molecule has 3 aromatic rings. The molecule has 0 atom stereocenters. The summed E-state index contributed by atoms with van der Waals surface area (Å²) in [6, 6.07) is 25.6. The van der Waals surface area contributed by atoms with Crippen LogP contribution in [0.25, 0.3) is 0 Å². The third-order valence-corrected chi connectivity index (χ3v) is 5.70. The Morgan fingerprint density at radius 1 is 0.500 bits per heavy atom. The third-order valence-electron chi connectivity index (χ3n) is 5.70. The van der Waals surface area contributed by atoms with Crippen LogP contribution in [0.3, 0.4) is 0 Å². The molecular formula is C26H32N2. The van der Waals surface area contributed by atoms with Crippen molar-refractivity contribution in [3.63, 3.8) is 0 Å². The van der Waals surface area contributed by atoms with Gasteiger partial charge in [-0.1, -0.05) is 76.2 Å². The maximum absolute atomic E-state index is 5.82. The fourth-order valence-electron chi connectivity index (χ4n) is 3.87. The summed E-state index contributed by atoms with van der Waals surface area (Å²) in [6.45, 7) is 9.21. The summed E-state index contributed by atoms with van der Waals surface area (Å²) in [5, 5.41) is 0. The summed E-state index contributed by atoms with van der Waals surface area (Å²) < 4.78 is 0. The molecule has 4 N–H and O–H groups in total. The SMILES string of the molecule is CC(C)(Cc1ccc(N)cc1)c1ccc(C(C)(C)Cc2ccc(N)cc2)cc1. The quantitative estimate of drug-likeness (QED) is 0.530. The fourth-order valence-corrected chi connectivity index (χ4v) is 3.87. The standard InChI is InChI=1S/C26H32N2/c1-25(2,17-19-5-13-23(27)14-6-19)21-9-11-22(12-10-21)26(3,4)18-20-7-15-24(28)16-8-20/h5-16H,17-18,27-28H2,1-4H3. The average molecular weight is 373 g/mol. The minimum absolute atomic E-state index is 0.0652. The summed E-state index contributed by atoms with van der Waals surface area (Å²) in [5.41, 5.74) is 18.7. The van der Waals surface area contributed by atoms with Gasteiger partial charge in [0.15, 0.2) is 0 Å². The van der Waals surface area contributed by atoms with Crippen LogP contribution < -0.4 is 11.5 Å². The first-order valence-corrected chi connectivity index (χ1v) is 9.96. The molecule has 2 nitrogen and oxygen atoms in total. The summed E-state index contributed by atoms with van der Waals surface area (Å²) in [5.74, 6) is 0. The van der Waals surface area contributed by atoms with E-state index in [9.17, 15) is 0 Å². The molecule has 3 rings (SSSR count). The van der Waals surface area contributed by atoms with E-state index in [1.54, 1.807) is 0 Å². The van der Waals surface area contributed by atoms with Crippen molar-refractivity contribution in [2.75, 3.05) is 11.5 Å². The highest BCUT2D eigenvalue weighted by Gasteiger charge is 2.24. The van der Waals surface area contributed by atoms with Crippen LogP contribution in [0.5, 0.6) is 0 Å². The minimum Gasteiger partial charge on any atom is -0.399 e. The van der Waals surface area contributed by atoms with Crippen LogP contribution in [0.1, 0.15) is 49.9 Å². The molecule has 0 amide bonds. The molecule has 0 bridgehead atoms. The van der Waals surface area contributed by atoms with Crippen LogP contribution in [0.4, 0.5) is 11.4 Å². The van der Waals surface area contributed by atoms with E-state index in [0.717, 1.165) is 24.2 Å². The Hall–Kier alpha value is -2.74. The highest BCUT2D eigenvalue weighted by Crippen LogP contribution is 2.32. The largest absolute Gasteiger partial charge is 0.399 e. The van der Waals surface area contributed by atoms with Gasteiger partial charge in [-0.05, 0) is 70.2 Å². The minimum atomic E-state index is 0.0652. The molecule has 0 fully saturated rings. The van der Waals surface area contributed by atoms with Crippen molar-refractivity contribution in [2.24, 2.45) is 0 Å². The molecule has 0 spiro atoms. The van der Waals surface area contributed by atoms with Gasteiger partial charge in [-0.25, -0.2) is 0 Å². The number of hydrogen-bond donors (Lipinski definition) is 2. The molecule has 146 valence electrons. The molecule has 0 heterocycles. The van der Waals surface area contributed by atoms with Gasteiger partial charge in [-0.15, -0.1) is 0 Å². The maximum atomic E-state index is 5.82. The lowest BCUT2D eigenvalue weighted by atomic mass is 9.75. The lowest BCUT2D eigenvalue weighted by molar-refractivity contribution is 0.511. The van der Waals surface area contributed by atoms with Gasteiger partial charge in [0.1, 0.15) is 0 Å². The van der Waals surface area contributed by atoms with Gasteiger partial charge in [-0.3, -0.25) is 0 Å². The van der Waals surface area contributed by atoms with Crippen LogP contribution in [-0.4, -0.2) is 0 Å². The summed E-state index contributed by atoms with van der Waals surface area (Å²) in [7, 11) is 0. The molecule has 0 aliphatic carbocycles. The smallest absolute Gasteiger partial charge is 0.0314 e. The van der Waals surface area contributed by atoms with Gasteiger partial charge in [0, 0.05) is 11.4 Å². The van der Waals surface area contributed by atoms with Crippen LogP contribution >= 0.6 is 0 Å². The normalized spacial score (nSPS) is 12.1. The zero-order valence-electron chi connectivity index (χ0n) is 17.5. The Bertz CT molecular complexity index is 824. The van der Waals surface area contributed by atoms with Gasteiger partial charge in [-0.2, -0.15) is 0 Å². The molecule has 2 heteroatoms. The molecule has 3 aromatic carbocycles. The first-order valence-electron chi connectivity index (χ1n) is 9.96. The number of nitrogen functional groups attached to an aromatic ring is 2. The predicted molar refractivity (Wildman–Crippen MR) is 122 cm³/mol. The van der Waals surface area contributed by atoms with Crippen molar-refractivity contribution in [3.05, 3.63) is 95.1 Å². The lowest BCUT2D eigenvalue weighted by Crippen LogP contribution is -2.23. The van der Waals surface area contributed by atoms with Crippen molar-refractivity contribution in [1.82, 2.24) is 0 Å². The summed E-state index contributed by atoms with van der Waals surface area (Å²) >= 11 is 0. The molecule has 0 aliphatic heterocycles. The fraction of sp³-hybridized carbons (Fsp3) is 0.308. The van der Waals surface area contributed by atoms with Crippen molar-refractivity contribution < 1.29 is 0 Å². The van der Waals surface area contributed by atoms with E-state index in [0.29, 0.717) is 0 Å². The lowest BCUT2D eigenvalue weighted by Gasteiger charge is -2.29. The number of anilines is 2. The Morgan fingerprint density at radius 2 is 0.786 bits per heavy atom. The highest BCUT2D eigenvalue weighted by molar-refractivity contribution is 5.42. The van der Waals surface area contributed by atoms with Crippen LogP contribution in [-0.2, 0) is 23.7 Å². The Morgan fingerprint density at radius 3 is 1.07 bits per heavy atom. The van der Waals surface area contributed by atoms with E-state index in [-0.39, 0.29) is 10.8 Å². The van der Waals surface area contributed by atoms with E-state index >= 15 is 0 Å². The van der Waals surface area contributed by atoms with Crippen LogP contribution in [0, 0.1) is 0 Å². The second kappa shape index (κ2) is 7.71. The second-order valence-electron chi connectivity index (χ2n) is 9.18. The van der Waals surface area contributed by atoms with E-state index in [2.05, 4.69) is 76.2 Å². The van der Waals surface area contributed by atoms with E-state index < -0.39 is 0 Å². The number of hydrogen-bond acceptors (Lipinski definition) is 2. The Balaban J connectivity index is 1.75. The molecule has 28 heavy (non-hydrogen) atoms. The maximum Gasteiger partial charge on any atom is 0.0314 e. The molecule has 0 radical (unpaired) electrons. The van der Waals surface area contributed by atoms with Crippen LogP contribution in [0.15, 0.2) is 72.8 Å². The van der Waals surface area contributed by atoms with E-state index in [4.69, 9.17) is 11.5 Å². The van der Waals surface area contributed by atoms with Gasteiger partial charge in [0.2, 0.25) is 0 Å². The van der Waals surface area contributed by atoms with E-state index in [1.165, 1.54) is 22.3 Å². The third kappa shape index (κ3) is 4.75. The Labute approximate surface area is 169 Å². The van der Waals surface area contributed by atoms with Crippen LogP contribution in [0.2, 0.25) is 0 Å². The molecule has 0 aliphatic rings. The van der Waals surface area contributed by atoms with Crippen molar-refractivity contribution in [3.8, 4) is 0 Å².